The van der Waals surface area contributed by atoms with Gasteiger partial charge in [-0.05, 0) is 110 Å². The number of nitrogens with two attached hydrogens (primary N) is 1. The Bertz CT molecular complexity index is 1780. The Morgan fingerprint density at radius 1 is 0.822 bits per heavy atom. The van der Waals surface area contributed by atoms with Crippen molar-refractivity contribution in [3.05, 3.63) is 108 Å². The highest BCUT2D eigenvalue weighted by Crippen LogP contribution is 2.42. The van der Waals surface area contributed by atoms with Crippen LogP contribution < -0.4 is 5.73 Å². The molecule has 0 atom stereocenters. The zero-order valence-corrected chi connectivity index (χ0v) is 25.4. The summed E-state index contributed by atoms with van der Waals surface area (Å²) in [4.78, 5) is 31.6. The molecule has 2 aliphatic rings. The van der Waals surface area contributed by atoms with Crippen LogP contribution in [0.2, 0.25) is 0 Å². The summed E-state index contributed by atoms with van der Waals surface area (Å²) in [6.45, 7) is 4.57. The molecule has 45 heavy (non-hydrogen) atoms. The number of carbonyl (C=O) groups excluding carboxylic acids is 1. The molecule has 7 rings (SSSR count). The van der Waals surface area contributed by atoms with Gasteiger partial charge in [0.05, 0.1) is 29.1 Å². The molecule has 2 N–H and O–H groups in total. The molecule has 1 amide bonds. The van der Waals surface area contributed by atoms with Crippen molar-refractivity contribution in [2.24, 2.45) is 5.92 Å². The average molecular weight is 604 g/mol. The fraction of sp³-hybridized carbons (Fsp3) is 0.333. The monoisotopic (exact) mass is 603 g/mol. The average Bonchev–Trinajstić information content (AvgIpc) is 3.38. The summed E-state index contributed by atoms with van der Waals surface area (Å²) < 4.78 is 16.9. The molecule has 2 aliphatic heterocycles. The molecule has 0 aliphatic carbocycles. The number of hydrogen-bond donors (Lipinski definition) is 1. The van der Waals surface area contributed by atoms with Crippen molar-refractivity contribution >= 4 is 22.6 Å². The number of carbonyl (C=O) groups is 1. The molecule has 0 spiro atoms. The second-order valence-electron chi connectivity index (χ2n) is 12.3. The molecule has 0 radical (unpaired) electrons. The minimum atomic E-state index is -0.266. The second kappa shape index (κ2) is 12.8. The first-order valence-corrected chi connectivity index (χ1v) is 15.9. The van der Waals surface area contributed by atoms with Gasteiger partial charge in [0.15, 0.2) is 0 Å². The van der Waals surface area contributed by atoms with Crippen LogP contribution in [-0.4, -0.2) is 61.4 Å². The van der Waals surface area contributed by atoms with Gasteiger partial charge in [0.2, 0.25) is 5.91 Å². The number of likely N-dealkylation sites (tertiary alicyclic amines) is 2. The maximum Gasteiger partial charge on any atom is 0.225 e. The number of aromatic nitrogens is 4. The van der Waals surface area contributed by atoms with Gasteiger partial charge >= 0.3 is 0 Å². The molecule has 9 heteroatoms. The Morgan fingerprint density at radius 3 is 2.31 bits per heavy atom. The lowest BCUT2D eigenvalue weighted by Crippen LogP contribution is -2.45. The number of piperidine rings is 2. The minimum absolute atomic E-state index is 0.0626. The fourth-order valence-electron chi connectivity index (χ4n) is 7.20. The molecule has 0 bridgehead atoms. The highest BCUT2D eigenvalue weighted by molar-refractivity contribution is 5.92. The van der Waals surface area contributed by atoms with E-state index in [0.29, 0.717) is 12.4 Å². The van der Waals surface area contributed by atoms with Crippen LogP contribution in [0.15, 0.2) is 85.3 Å². The van der Waals surface area contributed by atoms with Gasteiger partial charge < -0.3 is 15.2 Å². The van der Waals surface area contributed by atoms with Crippen molar-refractivity contribution < 1.29 is 9.18 Å². The van der Waals surface area contributed by atoms with E-state index in [4.69, 9.17) is 10.7 Å². The minimum Gasteiger partial charge on any atom is -0.384 e. The molecular weight excluding hydrogens is 565 g/mol. The molecule has 5 aromatic rings. The summed E-state index contributed by atoms with van der Waals surface area (Å²) in [6.07, 6.45) is 8.80. The van der Waals surface area contributed by atoms with E-state index in [1.165, 1.54) is 5.56 Å². The summed E-state index contributed by atoms with van der Waals surface area (Å²) in [5, 5.41) is 1.04. The van der Waals surface area contributed by atoms with Crippen molar-refractivity contribution in [3.63, 3.8) is 0 Å². The number of anilines is 1. The third-order valence-electron chi connectivity index (χ3n) is 9.42. The van der Waals surface area contributed by atoms with Crippen molar-refractivity contribution in [1.82, 2.24) is 29.3 Å². The van der Waals surface area contributed by atoms with Crippen LogP contribution in [-0.2, 0) is 17.9 Å². The Kier molecular flexibility index (Phi) is 8.26. The summed E-state index contributed by atoms with van der Waals surface area (Å²) in [5.41, 5.74) is 11.8. The van der Waals surface area contributed by atoms with E-state index in [1.807, 2.05) is 60.8 Å². The maximum atomic E-state index is 14.7. The molecule has 8 nitrogen and oxygen atoms in total. The van der Waals surface area contributed by atoms with Gasteiger partial charge in [-0.1, -0.05) is 12.1 Å². The second-order valence-corrected chi connectivity index (χ2v) is 12.3. The van der Waals surface area contributed by atoms with Crippen LogP contribution in [0.1, 0.15) is 48.4 Å². The van der Waals surface area contributed by atoms with Crippen LogP contribution >= 0.6 is 0 Å². The van der Waals surface area contributed by atoms with E-state index in [2.05, 4.69) is 24.3 Å². The zero-order valence-electron chi connectivity index (χ0n) is 25.4. The van der Waals surface area contributed by atoms with E-state index in [-0.39, 0.29) is 23.6 Å². The molecule has 2 saturated heterocycles. The summed E-state index contributed by atoms with van der Waals surface area (Å²) in [7, 11) is 0. The van der Waals surface area contributed by atoms with Gasteiger partial charge in [-0.2, -0.15) is 0 Å². The number of pyridine rings is 3. The van der Waals surface area contributed by atoms with E-state index in [1.54, 1.807) is 24.5 Å². The number of amides is 1. The highest BCUT2D eigenvalue weighted by atomic mass is 19.1. The van der Waals surface area contributed by atoms with E-state index < -0.39 is 0 Å². The number of hydrogen-bond acceptors (Lipinski definition) is 6. The highest BCUT2D eigenvalue weighted by Gasteiger charge is 2.34. The van der Waals surface area contributed by atoms with Gasteiger partial charge in [-0.25, -0.2) is 9.37 Å². The number of rotatable bonds is 7. The molecule has 6 heterocycles. The Morgan fingerprint density at radius 2 is 1.60 bits per heavy atom. The van der Waals surface area contributed by atoms with E-state index in [9.17, 15) is 9.18 Å². The quantitative estimate of drug-likeness (QED) is 0.250. The number of halogens is 1. The van der Waals surface area contributed by atoms with Gasteiger partial charge in [-0.3, -0.25) is 19.7 Å². The lowest BCUT2D eigenvalue weighted by atomic mass is 9.85. The van der Waals surface area contributed by atoms with Gasteiger partial charge in [-0.15, -0.1) is 0 Å². The fourth-order valence-corrected chi connectivity index (χ4v) is 7.20. The number of benzene rings is 1. The SMILES string of the molecule is Nc1cc(CN2CCC(C(=O)N3CCC(c4c(-c5ccccn5)n(Cc5ccccn5)c5cc(F)ccc45)CC3)CC2)ccn1. The summed E-state index contributed by atoms with van der Waals surface area (Å²) in [5.74, 6) is 0.841. The van der Waals surface area contributed by atoms with Crippen LogP contribution in [0, 0.1) is 11.7 Å². The first-order chi connectivity index (χ1) is 22.0. The molecule has 1 aromatic carbocycles. The number of nitrogens with zero attached hydrogens (tertiary/aromatic N) is 6. The molecular formula is C36H38FN7O. The largest absolute Gasteiger partial charge is 0.384 e. The molecule has 230 valence electrons. The van der Waals surface area contributed by atoms with Crippen LogP contribution in [0.4, 0.5) is 10.2 Å². The third kappa shape index (κ3) is 6.17. The van der Waals surface area contributed by atoms with Crippen molar-refractivity contribution in [2.75, 3.05) is 31.9 Å². The third-order valence-corrected chi connectivity index (χ3v) is 9.42. The van der Waals surface area contributed by atoms with Gasteiger partial charge in [0, 0.05) is 49.5 Å². The first kappa shape index (κ1) is 29.1. The summed E-state index contributed by atoms with van der Waals surface area (Å²) in [6, 6.07) is 20.8. The van der Waals surface area contributed by atoms with Crippen LogP contribution in [0.25, 0.3) is 22.3 Å². The lowest BCUT2D eigenvalue weighted by molar-refractivity contribution is -0.138. The van der Waals surface area contributed by atoms with Crippen LogP contribution in [0.3, 0.4) is 0 Å². The van der Waals surface area contributed by atoms with Crippen molar-refractivity contribution in [1.29, 1.82) is 0 Å². The lowest BCUT2D eigenvalue weighted by Gasteiger charge is -2.37. The van der Waals surface area contributed by atoms with E-state index in [0.717, 1.165) is 92.0 Å². The Hall–Kier alpha value is -4.63. The first-order valence-electron chi connectivity index (χ1n) is 15.9. The Labute approximate surface area is 262 Å². The topological polar surface area (TPSA) is 93.2 Å². The number of fused-ring (bicyclic) bond motifs is 1. The summed E-state index contributed by atoms with van der Waals surface area (Å²) >= 11 is 0. The molecule has 0 unspecified atom stereocenters. The molecule has 2 fully saturated rings. The van der Waals surface area contributed by atoms with Crippen molar-refractivity contribution in [2.45, 2.75) is 44.7 Å². The Balaban J connectivity index is 1.10. The molecule has 0 saturated carbocycles. The van der Waals surface area contributed by atoms with Crippen LogP contribution in [0.5, 0.6) is 0 Å². The van der Waals surface area contributed by atoms with Crippen molar-refractivity contribution in [3.8, 4) is 11.4 Å². The molecule has 4 aromatic heterocycles. The predicted molar refractivity (Wildman–Crippen MR) is 174 cm³/mol. The smallest absolute Gasteiger partial charge is 0.225 e. The normalized spacial score (nSPS) is 16.8. The van der Waals surface area contributed by atoms with Gasteiger partial charge in [0.25, 0.3) is 0 Å². The standard InChI is InChI=1S/C36H38FN7O/c37-28-7-8-30-32(22-28)44(24-29-5-1-3-14-39-29)35(31-6-2-4-15-40-31)34(30)26-12-19-43(20-13-26)36(45)27-10-17-42(18-11-27)23-25-9-16-41-33(38)21-25/h1-9,14-16,21-22,26-27H,10-13,17-20,23-24H2,(H2,38,41). The van der Waals surface area contributed by atoms with Gasteiger partial charge in [0.1, 0.15) is 11.6 Å². The zero-order chi connectivity index (χ0) is 30.8. The number of nitrogen functional groups attached to an aromatic ring is 1. The predicted octanol–water partition coefficient (Wildman–Crippen LogP) is 5.88. The maximum absolute atomic E-state index is 14.7. The van der Waals surface area contributed by atoms with E-state index >= 15 is 0 Å².